The molecule has 0 radical (unpaired) electrons. The molecular weight excluding hydrogens is 1320 g/mol. The highest BCUT2D eigenvalue weighted by atomic mass is 31.2. The number of unbranched alkanes of at least 4 members (excludes halogenated alkanes) is 1. The number of amides is 7. The molecule has 1 aromatic heterocycles. The van der Waals surface area contributed by atoms with Crippen molar-refractivity contribution in [2.75, 3.05) is 53.1 Å². The minimum absolute atomic E-state index is 0.0460. The number of aromatic nitrogens is 2. The number of imide groups is 1. The molecule has 29 heteroatoms. The number of nitrogens with one attached hydrogen (secondary N) is 4. The summed E-state index contributed by atoms with van der Waals surface area (Å²) in [4.78, 5) is 131. The Labute approximate surface area is 581 Å². The van der Waals surface area contributed by atoms with E-state index in [1.54, 1.807) is 20.9 Å². The summed E-state index contributed by atoms with van der Waals surface area (Å²) in [7, 11) is -3.94. The summed E-state index contributed by atoms with van der Waals surface area (Å²) >= 11 is 0. The number of ether oxygens (including phenoxy) is 5. The van der Waals surface area contributed by atoms with E-state index in [1.807, 2.05) is 49.4 Å². The van der Waals surface area contributed by atoms with E-state index in [9.17, 15) is 52.5 Å². The van der Waals surface area contributed by atoms with Gasteiger partial charge in [-0.25, -0.2) is 4.79 Å². The lowest BCUT2D eigenvalue weighted by atomic mass is 9.98. The van der Waals surface area contributed by atoms with Crippen molar-refractivity contribution >= 4 is 77.5 Å². The number of carbonyl (C=O) groups excluding carboxylic acids is 9. The van der Waals surface area contributed by atoms with E-state index in [-0.39, 0.29) is 81.3 Å². The van der Waals surface area contributed by atoms with Crippen LogP contribution in [0.25, 0.3) is 16.6 Å². The van der Waals surface area contributed by atoms with Gasteiger partial charge < -0.3 is 50.3 Å². The van der Waals surface area contributed by atoms with Crippen molar-refractivity contribution in [1.82, 2.24) is 35.3 Å². The molecule has 1 aliphatic carbocycles. The first-order chi connectivity index (χ1) is 47.2. The van der Waals surface area contributed by atoms with Gasteiger partial charge in [0.1, 0.15) is 24.7 Å². The Morgan fingerprint density at radius 2 is 1.42 bits per heavy atom. The summed E-state index contributed by atoms with van der Waals surface area (Å²) in [5, 5.41) is 11.1. The quantitative estimate of drug-likeness (QED) is 0.00717. The van der Waals surface area contributed by atoms with E-state index >= 15 is 8.78 Å². The number of halogens is 2. The predicted molar refractivity (Wildman–Crippen MR) is 364 cm³/mol. The van der Waals surface area contributed by atoms with Gasteiger partial charge in [-0.3, -0.25) is 71.2 Å². The van der Waals surface area contributed by atoms with E-state index in [1.165, 1.54) is 73.8 Å². The van der Waals surface area contributed by atoms with Gasteiger partial charge in [0.2, 0.25) is 54.9 Å². The van der Waals surface area contributed by atoms with Crippen LogP contribution in [-0.2, 0) is 113 Å². The number of primary amides is 1. The van der Waals surface area contributed by atoms with Crippen LogP contribution in [0.3, 0.4) is 0 Å². The number of imidazole rings is 1. The maximum atomic E-state index is 16.3. The average molecular weight is 1420 g/mol. The van der Waals surface area contributed by atoms with Gasteiger partial charge in [0.25, 0.3) is 0 Å². The normalized spacial score (nSPS) is 18.2. The van der Waals surface area contributed by atoms with Crippen molar-refractivity contribution in [2.24, 2.45) is 35.4 Å². The molecule has 3 aromatic carbocycles. The molecule has 2 saturated heterocycles. The van der Waals surface area contributed by atoms with Gasteiger partial charge in [-0.2, -0.15) is 8.78 Å². The van der Waals surface area contributed by atoms with Gasteiger partial charge in [-0.1, -0.05) is 74.4 Å². The lowest BCUT2D eigenvalue weighted by Gasteiger charge is -2.33. The number of hydrogen-bond donors (Lipinski definition) is 5. The Hall–Kier alpha value is -8.01. The highest BCUT2D eigenvalue weighted by molar-refractivity contribution is 7.54. The molecule has 4 aromatic rings. The zero-order chi connectivity index (χ0) is 73.3. The third-order valence-electron chi connectivity index (χ3n) is 17.7. The Bertz CT molecular complexity index is 3680. The Morgan fingerprint density at radius 1 is 0.790 bits per heavy atom. The molecule has 2 aliphatic heterocycles. The third kappa shape index (κ3) is 21.8. The van der Waals surface area contributed by atoms with Gasteiger partial charge in [0, 0.05) is 51.2 Å². The number of hydrogen-bond acceptors (Lipinski definition) is 18. The second-order valence-corrected chi connectivity index (χ2v) is 29.8. The monoisotopic (exact) mass is 1420 g/mol. The third-order valence-corrected chi connectivity index (χ3v) is 19.6. The van der Waals surface area contributed by atoms with E-state index in [4.69, 9.17) is 38.5 Å². The van der Waals surface area contributed by atoms with Crippen LogP contribution in [0.5, 0.6) is 0 Å². The molecule has 100 heavy (non-hydrogen) atoms. The van der Waals surface area contributed by atoms with Crippen molar-refractivity contribution in [3.05, 3.63) is 111 Å². The van der Waals surface area contributed by atoms with Crippen LogP contribution >= 0.6 is 7.60 Å². The zero-order valence-electron chi connectivity index (χ0n) is 58.8. The van der Waals surface area contributed by atoms with Crippen LogP contribution in [0.2, 0.25) is 0 Å². The van der Waals surface area contributed by atoms with Crippen molar-refractivity contribution in [2.45, 2.75) is 182 Å². The number of benzene rings is 3. The average Bonchev–Trinajstić information content (AvgIpc) is 1.54. The molecule has 3 fully saturated rings. The summed E-state index contributed by atoms with van der Waals surface area (Å²) in [5.74, 6) is -4.91. The molecular formula is C71H97F2N8O18P. The number of allylic oxidation sites excluding steroid dienone is 1. The number of aryl methyl sites for hydroxylation is 3. The molecule has 1 saturated carbocycles. The largest absolute Gasteiger partial charge is 0.438 e. The van der Waals surface area contributed by atoms with Crippen LogP contribution < -0.4 is 32.7 Å². The van der Waals surface area contributed by atoms with Crippen LogP contribution in [0.15, 0.2) is 77.6 Å². The van der Waals surface area contributed by atoms with Gasteiger partial charge in [-0.15, -0.1) is 0 Å². The minimum Gasteiger partial charge on any atom is -0.438 e. The van der Waals surface area contributed by atoms with Crippen molar-refractivity contribution in [3.63, 3.8) is 0 Å². The fourth-order valence-electron chi connectivity index (χ4n) is 11.7. The summed E-state index contributed by atoms with van der Waals surface area (Å²) in [6.07, 6.45) is 6.13. The van der Waals surface area contributed by atoms with Crippen molar-refractivity contribution in [3.8, 4) is 0 Å². The number of nitrogens with two attached hydrogens (primary N) is 1. The number of rotatable bonds is 38. The number of fused-ring (bicyclic) bond motifs is 2. The Kier molecular flexibility index (Phi) is 28.2. The number of likely N-dealkylation sites (tertiary alicyclic amines) is 1. The molecule has 0 bridgehead atoms. The lowest BCUT2D eigenvalue weighted by Crippen LogP contribution is -2.57. The van der Waals surface area contributed by atoms with E-state index in [2.05, 4.69) is 21.3 Å². The molecule has 7 rings (SSSR count). The van der Waals surface area contributed by atoms with Crippen LogP contribution in [0, 0.1) is 22.7 Å². The standard InChI is InChI=1S/C71H97F2N8O18P/c1-11-12-17-54(76-60(84)36-44(2)49-23-25-51(26-24-49)71(72,73)100(92,98-42-96-66(89)69(4,5)6)99-43-97-67(90)70(7,8)9)65(88)80-39-50-38-52(50)62(80)64(87)77-53(27-30-58(74)82)45(3)95-40-48-20-18-46(19-21-48)15-13-32-75-61(85)41-94-35-34-93-33-14-16-47-22-28-55-57(37-47)79(10)68(91)81(55)56-29-31-59(83)78-63(56)86/h18-26,28,36-37,45,50,52-54,56,62H,11-17,27,29-35,38-43H2,1-10H3,(H2,74,82)(H,75,85)(H,76,84)(H,77,87)(H,78,83,86)/b44-36+/t45-,50-,52-,53+,54+,56?,62+/m1/s1. The summed E-state index contributed by atoms with van der Waals surface area (Å²) in [6, 6.07) is 14.5. The smallest absolute Gasteiger partial charge is 0.410 e. The van der Waals surface area contributed by atoms with Crippen LogP contribution in [-0.4, -0.2) is 145 Å². The Morgan fingerprint density at radius 3 is 2.05 bits per heavy atom. The first-order valence-electron chi connectivity index (χ1n) is 34.0. The maximum absolute atomic E-state index is 16.3. The summed E-state index contributed by atoms with van der Waals surface area (Å²) < 4.78 is 86.7. The van der Waals surface area contributed by atoms with E-state index in [0.29, 0.717) is 87.0 Å². The first kappa shape index (κ1) is 79.3. The lowest BCUT2D eigenvalue weighted by molar-refractivity contribution is -0.163. The first-order valence-corrected chi connectivity index (χ1v) is 35.5. The highest BCUT2D eigenvalue weighted by Crippen LogP contribution is 2.67. The minimum atomic E-state index is -5.60. The highest BCUT2D eigenvalue weighted by Gasteiger charge is 2.58. The van der Waals surface area contributed by atoms with Crippen molar-refractivity contribution < 1.29 is 89.2 Å². The molecule has 7 amide bonds. The topological polar surface area (TPSA) is 340 Å². The van der Waals surface area contributed by atoms with E-state index < -0.39 is 115 Å². The fraction of sp³-hybridized carbons (Fsp3) is 0.577. The molecule has 548 valence electrons. The van der Waals surface area contributed by atoms with Gasteiger partial charge in [-0.05, 0) is 159 Å². The SMILES string of the molecule is CCCC[C@H](NC(=O)/C=C(\C)c1ccc(C(F)(F)P(=O)(OCOC(=O)C(C)(C)C)OCOC(=O)C(C)(C)C)cc1)C(=O)N1C[C@H]2C[C@H]2[C@H]1C(=O)N[C@@H](CCC(N)=O)[C@@H](C)OCc1ccc(CCCNC(=O)COCCOCCCc2ccc3c(c2)n(C)c(=O)n3C2CCC(=O)NC2=O)cc1. The van der Waals surface area contributed by atoms with E-state index in [0.717, 1.165) is 35.2 Å². The second kappa shape index (κ2) is 35.5. The van der Waals surface area contributed by atoms with Crippen molar-refractivity contribution in [1.29, 1.82) is 0 Å². The predicted octanol–water partition coefficient (Wildman–Crippen LogP) is 7.68. The van der Waals surface area contributed by atoms with Gasteiger partial charge >= 0.3 is 30.9 Å². The summed E-state index contributed by atoms with van der Waals surface area (Å²) in [5.41, 5.74) is 2.76. The maximum Gasteiger partial charge on any atom is 0.410 e. The second-order valence-electron chi connectivity index (χ2n) is 27.8. The molecule has 7 atom stereocenters. The molecule has 26 nitrogen and oxygen atoms in total. The number of nitrogens with zero attached hydrogens (tertiary/aromatic N) is 3. The molecule has 3 aliphatic rings. The number of carbonyl (C=O) groups is 9. The molecule has 0 spiro atoms. The molecule has 3 heterocycles. The van der Waals surface area contributed by atoms with Crippen LogP contribution in [0.1, 0.15) is 160 Å². The van der Waals surface area contributed by atoms with Gasteiger partial charge in [0.15, 0.2) is 0 Å². The zero-order valence-corrected chi connectivity index (χ0v) is 59.7. The Balaban J connectivity index is 0.837. The number of piperidine rings is 2. The molecule has 6 N–H and O–H groups in total. The molecule has 1 unspecified atom stereocenters. The van der Waals surface area contributed by atoms with Gasteiger partial charge in [0.05, 0.1) is 53.8 Å². The van der Waals surface area contributed by atoms with Crippen LogP contribution in [0.4, 0.5) is 8.78 Å². The fourth-order valence-corrected chi connectivity index (χ4v) is 12.9. The number of esters is 2. The number of alkyl halides is 2. The summed E-state index contributed by atoms with van der Waals surface area (Å²) in [6.45, 7) is 13.8.